The van der Waals surface area contributed by atoms with E-state index in [0.717, 1.165) is 11.8 Å². The van der Waals surface area contributed by atoms with Gasteiger partial charge in [0.1, 0.15) is 0 Å². The summed E-state index contributed by atoms with van der Waals surface area (Å²) in [6.07, 6.45) is 1.04. The Morgan fingerprint density at radius 3 is 2.43 bits per heavy atom. The van der Waals surface area contributed by atoms with E-state index < -0.39 is 10.0 Å². The van der Waals surface area contributed by atoms with E-state index in [1.807, 2.05) is 25.1 Å². The number of benzene rings is 2. The van der Waals surface area contributed by atoms with Crippen LogP contribution in [-0.2, 0) is 10.0 Å². The number of sulfonamides is 1. The molecule has 5 nitrogen and oxygen atoms in total. The maximum atomic E-state index is 12.3. The second-order valence-corrected chi connectivity index (χ2v) is 6.49. The van der Waals surface area contributed by atoms with Gasteiger partial charge in [0.25, 0.3) is 5.91 Å². The van der Waals surface area contributed by atoms with Crippen molar-refractivity contribution in [2.75, 3.05) is 16.3 Å². The van der Waals surface area contributed by atoms with Gasteiger partial charge in [0.05, 0.1) is 17.5 Å². The molecule has 2 N–H and O–H groups in total. The van der Waals surface area contributed by atoms with Crippen LogP contribution in [0.4, 0.5) is 11.4 Å². The van der Waals surface area contributed by atoms with Crippen LogP contribution in [-0.4, -0.2) is 20.6 Å². The molecule has 6 heteroatoms. The molecule has 0 saturated heterocycles. The van der Waals surface area contributed by atoms with Gasteiger partial charge in [-0.3, -0.25) is 9.52 Å². The lowest BCUT2D eigenvalue weighted by Gasteiger charge is -2.11. The highest BCUT2D eigenvalue weighted by Crippen LogP contribution is 2.18. The topological polar surface area (TPSA) is 75.3 Å². The van der Waals surface area contributed by atoms with Gasteiger partial charge in [-0.2, -0.15) is 0 Å². The zero-order valence-electron chi connectivity index (χ0n) is 11.8. The lowest BCUT2D eigenvalue weighted by Crippen LogP contribution is -2.17. The molecule has 0 atom stereocenters. The average Bonchev–Trinajstić information content (AvgIpc) is 2.37. The van der Waals surface area contributed by atoms with Gasteiger partial charge in [-0.05, 0) is 36.8 Å². The molecule has 2 aromatic rings. The van der Waals surface area contributed by atoms with Crippen molar-refractivity contribution in [3.63, 3.8) is 0 Å². The highest BCUT2D eigenvalue weighted by Gasteiger charge is 2.13. The second kappa shape index (κ2) is 5.97. The van der Waals surface area contributed by atoms with E-state index in [9.17, 15) is 13.2 Å². The molecule has 0 aromatic heterocycles. The zero-order chi connectivity index (χ0) is 15.5. The molecule has 0 aliphatic heterocycles. The van der Waals surface area contributed by atoms with Gasteiger partial charge in [0.2, 0.25) is 10.0 Å². The molecule has 110 valence electrons. The maximum Gasteiger partial charge on any atom is 0.257 e. The summed E-state index contributed by atoms with van der Waals surface area (Å²) in [5.41, 5.74) is 2.21. The van der Waals surface area contributed by atoms with Crippen molar-refractivity contribution in [2.45, 2.75) is 6.92 Å². The molecular formula is C15H16N2O3S. The molecule has 0 bridgehead atoms. The van der Waals surface area contributed by atoms with E-state index in [4.69, 9.17) is 0 Å². The Morgan fingerprint density at radius 2 is 1.76 bits per heavy atom. The lowest BCUT2D eigenvalue weighted by atomic mass is 10.1. The normalized spacial score (nSPS) is 11.0. The van der Waals surface area contributed by atoms with Crippen LogP contribution in [0, 0.1) is 6.92 Å². The van der Waals surface area contributed by atoms with Gasteiger partial charge in [0, 0.05) is 5.69 Å². The molecule has 0 heterocycles. The minimum Gasteiger partial charge on any atom is -0.322 e. The van der Waals surface area contributed by atoms with Crippen molar-refractivity contribution in [1.82, 2.24) is 0 Å². The van der Waals surface area contributed by atoms with Crippen molar-refractivity contribution in [3.05, 3.63) is 59.7 Å². The number of nitrogens with one attached hydrogen (secondary N) is 2. The van der Waals surface area contributed by atoms with E-state index in [-0.39, 0.29) is 17.2 Å². The zero-order valence-corrected chi connectivity index (χ0v) is 12.6. The van der Waals surface area contributed by atoms with Gasteiger partial charge in [-0.1, -0.05) is 24.3 Å². The molecule has 2 rings (SSSR count). The molecule has 0 unspecified atom stereocenters. The summed E-state index contributed by atoms with van der Waals surface area (Å²) in [7, 11) is -3.44. The number of amides is 1. The fourth-order valence-corrected chi connectivity index (χ4v) is 2.47. The van der Waals surface area contributed by atoms with Crippen molar-refractivity contribution in [3.8, 4) is 0 Å². The van der Waals surface area contributed by atoms with E-state index in [2.05, 4.69) is 10.0 Å². The van der Waals surface area contributed by atoms with Crippen LogP contribution < -0.4 is 10.0 Å². The first kappa shape index (κ1) is 15.1. The molecule has 0 saturated carbocycles. The first-order valence-corrected chi connectivity index (χ1v) is 8.19. The monoisotopic (exact) mass is 304 g/mol. The predicted molar refractivity (Wildman–Crippen MR) is 84.0 cm³/mol. The standard InChI is InChI=1S/C15H16N2O3S/c1-11-6-5-7-12(10-11)16-15(18)13-8-3-4-9-14(13)17-21(2,19)20/h3-10,17H,1-2H3,(H,16,18). The number of rotatable bonds is 4. The van der Waals surface area contributed by atoms with Crippen molar-refractivity contribution >= 4 is 27.3 Å². The quantitative estimate of drug-likeness (QED) is 0.911. The Balaban J connectivity index is 2.27. The van der Waals surface area contributed by atoms with Gasteiger partial charge in [-0.25, -0.2) is 8.42 Å². The third kappa shape index (κ3) is 4.32. The van der Waals surface area contributed by atoms with Crippen molar-refractivity contribution in [1.29, 1.82) is 0 Å². The van der Waals surface area contributed by atoms with Crippen molar-refractivity contribution < 1.29 is 13.2 Å². The SMILES string of the molecule is Cc1cccc(NC(=O)c2ccccc2NS(C)(=O)=O)c1. The third-order valence-corrected chi connectivity index (χ3v) is 3.33. The molecule has 0 radical (unpaired) electrons. The molecule has 0 spiro atoms. The summed E-state index contributed by atoms with van der Waals surface area (Å²) >= 11 is 0. The minimum absolute atomic E-state index is 0.255. The van der Waals surface area contributed by atoms with Crippen LogP contribution in [0.25, 0.3) is 0 Å². The Labute approximate surface area is 124 Å². The summed E-state index contributed by atoms with van der Waals surface area (Å²) in [6.45, 7) is 1.93. The molecule has 21 heavy (non-hydrogen) atoms. The van der Waals surface area contributed by atoms with Crippen LogP contribution in [0.1, 0.15) is 15.9 Å². The average molecular weight is 304 g/mol. The van der Waals surface area contributed by atoms with E-state index in [0.29, 0.717) is 5.69 Å². The Bertz CT molecular complexity index is 770. The number of para-hydroxylation sites is 1. The highest BCUT2D eigenvalue weighted by molar-refractivity contribution is 7.92. The van der Waals surface area contributed by atoms with Crippen LogP contribution in [0.3, 0.4) is 0 Å². The third-order valence-electron chi connectivity index (χ3n) is 2.74. The summed E-state index contributed by atoms with van der Waals surface area (Å²) in [4.78, 5) is 12.3. The summed E-state index contributed by atoms with van der Waals surface area (Å²) < 4.78 is 25.0. The van der Waals surface area contributed by atoms with E-state index in [1.165, 1.54) is 0 Å². The fourth-order valence-electron chi connectivity index (χ4n) is 1.89. The summed E-state index contributed by atoms with van der Waals surface area (Å²) in [5, 5.41) is 2.75. The van der Waals surface area contributed by atoms with Crippen LogP contribution in [0.2, 0.25) is 0 Å². The number of carbonyl (C=O) groups is 1. The lowest BCUT2D eigenvalue weighted by molar-refractivity contribution is 0.102. The first-order valence-electron chi connectivity index (χ1n) is 6.30. The van der Waals surface area contributed by atoms with Gasteiger partial charge < -0.3 is 5.32 Å². The number of hydrogen-bond donors (Lipinski definition) is 2. The second-order valence-electron chi connectivity index (χ2n) is 4.74. The Morgan fingerprint density at radius 1 is 1.05 bits per heavy atom. The number of aryl methyl sites for hydroxylation is 1. The van der Waals surface area contributed by atoms with Gasteiger partial charge >= 0.3 is 0 Å². The fraction of sp³-hybridized carbons (Fsp3) is 0.133. The smallest absolute Gasteiger partial charge is 0.257 e. The minimum atomic E-state index is -3.44. The van der Waals surface area contributed by atoms with Crippen LogP contribution >= 0.6 is 0 Å². The van der Waals surface area contributed by atoms with E-state index in [1.54, 1.807) is 30.3 Å². The Hall–Kier alpha value is -2.34. The molecule has 2 aromatic carbocycles. The molecule has 0 fully saturated rings. The maximum absolute atomic E-state index is 12.3. The molecular weight excluding hydrogens is 288 g/mol. The number of anilines is 2. The van der Waals surface area contributed by atoms with Crippen LogP contribution in [0.15, 0.2) is 48.5 Å². The summed E-state index contributed by atoms with van der Waals surface area (Å²) in [6, 6.07) is 13.8. The van der Waals surface area contributed by atoms with Crippen LogP contribution in [0.5, 0.6) is 0 Å². The number of hydrogen-bond acceptors (Lipinski definition) is 3. The molecule has 0 aliphatic rings. The summed E-state index contributed by atoms with van der Waals surface area (Å²) in [5.74, 6) is -0.368. The Kier molecular flexibility index (Phi) is 4.28. The largest absolute Gasteiger partial charge is 0.322 e. The predicted octanol–water partition coefficient (Wildman–Crippen LogP) is 2.62. The number of carbonyl (C=O) groups excluding carboxylic acids is 1. The van der Waals surface area contributed by atoms with E-state index >= 15 is 0 Å². The van der Waals surface area contributed by atoms with Gasteiger partial charge in [0.15, 0.2) is 0 Å². The van der Waals surface area contributed by atoms with Gasteiger partial charge in [-0.15, -0.1) is 0 Å². The molecule has 1 amide bonds. The highest BCUT2D eigenvalue weighted by atomic mass is 32.2. The molecule has 0 aliphatic carbocycles. The van der Waals surface area contributed by atoms with Crippen molar-refractivity contribution in [2.24, 2.45) is 0 Å². The first-order chi connectivity index (χ1) is 9.85.